The van der Waals surface area contributed by atoms with E-state index >= 15 is 0 Å². The highest BCUT2D eigenvalue weighted by Gasteiger charge is 2.35. The summed E-state index contributed by atoms with van der Waals surface area (Å²) in [5, 5.41) is 10.0. The van der Waals surface area contributed by atoms with Crippen LogP contribution in [-0.4, -0.2) is 35.9 Å². The minimum atomic E-state index is -0.483. The molecule has 2 N–H and O–H groups in total. The number of nitrogens with one attached hydrogen (secondary N) is 2. The molecular formula is C16H20ClFN4O2. The fourth-order valence-electron chi connectivity index (χ4n) is 2.89. The number of aromatic nitrogens is 2. The number of nitrogens with zero attached hydrogens (tertiary/aromatic N) is 2. The van der Waals surface area contributed by atoms with Crippen LogP contribution >= 0.6 is 12.4 Å². The van der Waals surface area contributed by atoms with Crippen molar-refractivity contribution >= 4 is 24.0 Å². The molecule has 1 saturated heterocycles. The van der Waals surface area contributed by atoms with Gasteiger partial charge in [-0.3, -0.25) is 9.48 Å². The Morgan fingerprint density at radius 2 is 2.25 bits per heavy atom. The maximum absolute atomic E-state index is 13.9. The quantitative estimate of drug-likeness (QED) is 0.880. The van der Waals surface area contributed by atoms with Gasteiger partial charge in [0, 0.05) is 38.3 Å². The third-order valence-corrected chi connectivity index (χ3v) is 4.14. The largest absolute Gasteiger partial charge is 0.497 e. The van der Waals surface area contributed by atoms with Crippen molar-refractivity contribution in [3.63, 3.8) is 0 Å². The Morgan fingerprint density at radius 1 is 1.46 bits per heavy atom. The highest BCUT2D eigenvalue weighted by atomic mass is 35.5. The van der Waals surface area contributed by atoms with Crippen molar-refractivity contribution in [2.45, 2.75) is 5.92 Å². The maximum Gasteiger partial charge on any atom is 0.229 e. The zero-order valence-electron chi connectivity index (χ0n) is 13.5. The van der Waals surface area contributed by atoms with Crippen LogP contribution in [0.15, 0.2) is 30.6 Å². The van der Waals surface area contributed by atoms with Gasteiger partial charge in [-0.2, -0.15) is 5.10 Å². The molecule has 2 heterocycles. The smallest absolute Gasteiger partial charge is 0.229 e. The normalized spacial score (nSPS) is 19.6. The molecule has 0 spiro atoms. The van der Waals surface area contributed by atoms with Gasteiger partial charge in [0.25, 0.3) is 0 Å². The van der Waals surface area contributed by atoms with E-state index in [0.717, 1.165) is 5.56 Å². The van der Waals surface area contributed by atoms with E-state index in [9.17, 15) is 9.18 Å². The first-order valence-corrected chi connectivity index (χ1v) is 7.42. The van der Waals surface area contributed by atoms with E-state index in [1.807, 2.05) is 13.2 Å². The molecule has 3 rings (SSSR count). The van der Waals surface area contributed by atoms with E-state index in [1.165, 1.54) is 25.3 Å². The molecule has 0 bridgehead atoms. The van der Waals surface area contributed by atoms with Crippen LogP contribution in [0.2, 0.25) is 0 Å². The highest BCUT2D eigenvalue weighted by molar-refractivity contribution is 5.94. The molecule has 0 radical (unpaired) electrons. The molecule has 2 aromatic rings. The molecule has 8 heteroatoms. The van der Waals surface area contributed by atoms with E-state index < -0.39 is 5.82 Å². The maximum atomic E-state index is 13.9. The number of carbonyl (C=O) groups is 1. The number of carbonyl (C=O) groups excluding carboxylic acids is 1. The molecule has 6 nitrogen and oxygen atoms in total. The topological polar surface area (TPSA) is 68.2 Å². The van der Waals surface area contributed by atoms with Crippen LogP contribution in [0.1, 0.15) is 11.5 Å². The van der Waals surface area contributed by atoms with Crippen LogP contribution in [0.4, 0.5) is 10.1 Å². The molecule has 1 aliphatic rings. The predicted molar refractivity (Wildman–Crippen MR) is 91.1 cm³/mol. The van der Waals surface area contributed by atoms with Crippen LogP contribution in [0.3, 0.4) is 0 Å². The average molecular weight is 355 g/mol. The van der Waals surface area contributed by atoms with Crippen molar-refractivity contribution in [1.29, 1.82) is 0 Å². The minimum Gasteiger partial charge on any atom is -0.497 e. The summed E-state index contributed by atoms with van der Waals surface area (Å²) in [4.78, 5) is 12.6. The van der Waals surface area contributed by atoms with Gasteiger partial charge >= 0.3 is 0 Å². The summed E-state index contributed by atoms with van der Waals surface area (Å²) in [6.07, 6.45) is 3.67. The monoisotopic (exact) mass is 354 g/mol. The van der Waals surface area contributed by atoms with Crippen LogP contribution in [0.5, 0.6) is 5.75 Å². The molecule has 1 amide bonds. The molecule has 0 unspecified atom stereocenters. The lowest BCUT2D eigenvalue weighted by atomic mass is 9.90. The first kappa shape index (κ1) is 18.2. The van der Waals surface area contributed by atoms with Gasteiger partial charge in [0.15, 0.2) is 0 Å². The minimum absolute atomic E-state index is 0. The first-order chi connectivity index (χ1) is 11.1. The number of halogens is 2. The Kier molecular flexibility index (Phi) is 5.80. The second kappa shape index (κ2) is 7.63. The van der Waals surface area contributed by atoms with Gasteiger partial charge in [-0.15, -0.1) is 12.4 Å². The van der Waals surface area contributed by atoms with Gasteiger partial charge < -0.3 is 15.4 Å². The molecule has 1 aromatic carbocycles. The van der Waals surface area contributed by atoms with Gasteiger partial charge in [0.05, 0.1) is 24.9 Å². The second-order valence-electron chi connectivity index (χ2n) is 5.65. The van der Waals surface area contributed by atoms with Crippen molar-refractivity contribution in [3.8, 4) is 5.75 Å². The number of methoxy groups -OCH3 is 1. The Balaban J connectivity index is 0.00000208. The highest BCUT2D eigenvalue weighted by Crippen LogP contribution is 2.29. The number of benzene rings is 1. The number of hydrogen-bond donors (Lipinski definition) is 2. The Morgan fingerprint density at radius 3 is 2.92 bits per heavy atom. The molecule has 24 heavy (non-hydrogen) atoms. The SMILES string of the molecule is COc1ccc(F)c(NC(=O)[C@H]2CNC[C@@H]2c2cnn(C)c2)c1.Cl. The summed E-state index contributed by atoms with van der Waals surface area (Å²) in [5.41, 5.74) is 1.13. The summed E-state index contributed by atoms with van der Waals surface area (Å²) in [6.45, 7) is 1.25. The predicted octanol–water partition coefficient (Wildman–Crippen LogP) is 1.93. The molecule has 2 atom stereocenters. The van der Waals surface area contributed by atoms with Crippen molar-refractivity contribution in [2.24, 2.45) is 13.0 Å². The molecular weight excluding hydrogens is 335 g/mol. The summed E-state index contributed by atoms with van der Waals surface area (Å²) in [6, 6.07) is 4.27. The van der Waals surface area contributed by atoms with Crippen molar-refractivity contribution in [3.05, 3.63) is 42.0 Å². The zero-order chi connectivity index (χ0) is 16.4. The van der Waals surface area contributed by atoms with Crippen molar-refractivity contribution in [1.82, 2.24) is 15.1 Å². The van der Waals surface area contributed by atoms with E-state index in [-0.39, 0.29) is 35.8 Å². The van der Waals surface area contributed by atoms with Crippen molar-refractivity contribution < 1.29 is 13.9 Å². The van der Waals surface area contributed by atoms with Gasteiger partial charge in [-0.25, -0.2) is 4.39 Å². The number of aryl methyl sites for hydroxylation is 1. The van der Waals surface area contributed by atoms with Crippen molar-refractivity contribution in [2.75, 3.05) is 25.5 Å². The number of amides is 1. The molecule has 1 fully saturated rings. The molecule has 1 aliphatic heterocycles. The molecule has 1 aromatic heterocycles. The van der Waals surface area contributed by atoms with E-state index in [4.69, 9.17) is 4.74 Å². The summed E-state index contributed by atoms with van der Waals surface area (Å²) >= 11 is 0. The fourth-order valence-corrected chi connectivity index (χ4v) is 2.89. The standard InChI is InChI=1S/C16H19FN4O2.ClH/c1-21-9-10(6-19-21)12-7-18-8-13(12)16(22)20-15-5-11(23-2)3-4-14(15)17;/h3-6,9,12-13,18H,7-8H2,1-2H3,(H,20,22);1H/t12-,13+;/m1./s1. The van der Waals surface area contributed by atoms with Gasteiger partial charge in [0.1, 0.15) is 11.6 Å². The lowest BCUT2D eigenvalue weighted by molar-refractivity contribution is -0.119. The Labute approximate surface area is 145 Å². The summed E-state index contributed by atoms with van der Waals surface area (Å²) in [7, 11) is 3.34. The Bertz CT molecular complexity index is 722. The average Bonchev–Trinajstić information content (AvgIpc) is 3.17. The third kappa shape index (κ3) is 3.68. The number of hydrogen-bond acceptors (Lipinski definition) is 4. The Hall–Kier alpha value is -2.12. The van der Waals surface area contributed by atoms with Crippen LogP contribution in [0, 0.1) is 11.7 Å². The van der Waals surface area contributed by atoms with Gasteiger partial charge in [-0.1, -0.05) is 0 Å². The van der Waals surface area contributed by atoms with Crippen LogP contribution < -0.4 is 15.4 Å². The van der Waals surface area contributed by atoms with Gasteiger partial charge in [0.2, 0.25) is 5.91 Å². The molecule has 0 saturated carbocycles. The number of anilines is 1. The third-order valence-electron chi connectivity index (χ3n) is 4.14. The van der Waals surface area contributed by atoms with Gasteiger partial charge in [-0.05, 0) is 17.7 Å². The molecule has 130 valence electrons. The lowest BCUT2D eigenvalue weighted by Crippen LogP contribution is -2.28. The summed E-state index contributed by atoms with van der Waals surface area (Å²) in [5.74, 6) is -0.448. The zero-order valence-corrected chi connectivity index (χ0v) is 14.3. The fraction of sp³-hybridized carbons (Fsp3) is 0.375. The van der Waals surface area contributed by atoms with E-state index in [2.05, 4.69) is 15.7 Å². The lowest BCUT2D eigenvalue weighted by Gasteiger charge is -2.17. The first-order valence-electron chi connectivity index (χ1n) is 7.42. The van der Waals surface area contributed by atoms with E-state index in [1.54, 1.807) is 10.9 Å². The number of ether oxygens (including phenoxy) is 1. The summed E-state index contributed by atoms with van der Waals surface area (Å²) < 4.78 is 20.7. The van der Waals surface area contributed by atoms with Crippen LogP contribution in [0.25, 0.3) is 0 Å². The number of rotatable bonds is 4. The molecule has 0 aliphatic carbocycles. The second-order valence-corrected chi connectivity index (χ2v) is 5.65. The van der Waals surface area contributed by atoms with E-state index in [0.29, 0.717) is 18.8 Å². The van der Waals surface area contributed by atoms with Crippen LogP contribution in [-0.2, 0) is 11.8 Å².